The Balaban J connectivity index is 0.00000176. The van der Waals surface area contributed by atoms with Gasteiger partial charge in [0.05, 0.1) is 16.0 Å². The highest BCUT2D eigenvalue weighted by molar-refractivity contribution is 7.85. The molecule has 1 aromatic heterocycles. The van der Waals surface area contributed by atoms with E-state index in [1.807, 2.05) is 13.8 Å². The smallest absolute Gasteiger partial charge is 0.410 e. The Hall–Kier alpha value is -1.78. The van der Waals surface area contributed by atoms with Gasteiger partial charge in [-0.05, 0) is 45.7 Å². The first-order valence-electron chi connectivity index (χ1n) is 11.8. The van der Waals surface area contributed by atoms with Gasteiger partial charge in [-0.3, -0.25) is 4.21 Å². The number of hydrogen-bond donors (Lipinski definition) is 0. The van der Waals surface area contributed by atoms with Gasteiger partial charge in [-0.1, -0.05) is 43.1 Å². The van der Waals surface area contributed by atoms with Crippen molar-refractivity contribution >= 4 is 40.1 Å². The lowest BCUT2D eigenvalue weighted by atomic mass is 9.73. The normalized spacial score (nSPS) is 24.4. The lowest BCUT2D eigenvalue weighted by molar-refractivity contribution is 0.0109. The summed E-state index contributed by atoms with van der Waals surface area (Å²) in [5.41, 5.74) is -1.62. The van der Waals surface area contributed by atoms with E-state index in [2.05, 4.69) is 10.2 Å². The molecule has 1 aromatic carbocycles. The van der Waals surface area contributed by atoms with Crippen molar-refractivity contribution in [3.8, 4) is 0 Å². The molecule has 0 radical (unpaired) electrons. The molecule has 36 heavy (non-hydrogen) atoms. The van der Waals surface area contributed by atoms with Crippen molar-refractivity contribution in [3.05, 3.63) is 45.6 Å². The van der Waals surface area contributed by atoms with Crippen molar-refractivity contribution in [2.45, 2.75) is 64.9 Å². The summed E-state index contributed by atoms with van der Waals surface area (Å²) in [5, 5.41) is 7.74. The molecule has 2 saturated heterocycles. The number of aromatic nitrogens is 2. The van der Waals surface area contributed by atoms with Crippen LogP contribution >= 0.6 is 23.2 Å². The third kappa shape index (κ3) is 6.02. The maximum Gasteiger partial charge on any atom is 0.410 e. The molecule has 1 atom stereocenters. The maximum atomic E-state index is 15.2. The van der Waals surface area contributed by atoms with Crippen LogP contribution in [-0.4, -0.2) is 55.6 Å². The Morgan fingerprint density at radius 2 is 1.81 bits per heavy atom. The van der Waals surface area contributed by atoms with Crippen LogP contribution in [0.5, 0.6) is 0 Å². The van der Waals surface area contributed by atoms with Crippen molar-refractivity contribution in [1.82, 2.24) is 15.1 Å². The SMILES string of the molecule is CC.CC(C)(C)OC(=O)N1CC(c2nnc(C(F)(F)c3ccc(Cl)c(Cl)c3)o2)C2(CCS(=O)CC2)C1. The average molecular weight is 566 g/mol. The standard InChI is InChI=1S/C22H25Cl2F2N3O4S.C2H6/c1-20(2,3)33-19(30)29-11-14(21(12-29)6-8-34(31)9-7-21)17-27-28-18(32-17)22(25,26)13-4-5-15(23)16(24)10-13;1-2/h4-5,10,14H,6-9,11-12H2,1-3H3;1-2H3. The topological polar surface area (TPSA) is 85.5 Å². The lowest BCUT2D eigenvalue weighted by Gasteiger charge is -2.36. The zero-order chi connectivity index (χ0) is 26.9. The van der Waals surface area contributed by atoms with Crippen molar-refractivity contribution in [2.24, 2.45) is 5.41 Å². The van der Waals surface area contributed by atoms with Crippen LogP contribution in [0.15, 0.2) is 22.6 Å². The third-order valence-corrected chi connectivity index (χ3v) is 8.30. The van der Waals surface area contributed by atoms with Crippen LogP contribution in [0.4, 0.5) is 13.6 Å². The van der Waals surface area contributed by atoms with Crippen LogP contribution in [0.2, 0.25) is 10.0 Å². The second-order valence-corrected chi connectivity index (χ2v) is 12.3. The number of hydrogen-bond acceptors (Lipinski definition) is 6. The minimum absolute atomic E-state index is 0.0171. The molecule has 1 amide bonds. The van der Waals surface area contributed by atoms with Crippen LogP contribution in [0, 0.1) is 5.41 Å². The largest absolute Gasteiger partial charge is 0.444 e. The number of halogens is 4. The number of carbonyl (C=O) groups is 1. The van der Waals surface area contributed by atoms with Crippen LogP contribution in [0.25, 0.3) is 0 Å². The zero-order valence-electron chi connectivity index (χ0n) is 20.9. The van der Waals surface area contributed by atoms with E-state index in [1.165, 1.54) is 6.07 Å². The van der Waals surface area contributed by atoms with Crippen LogP contribution < -0.4 is 0 Å². The highest BCUT2D eigenvalue weighted by atomic mass is 35.5. The average Bonchev–Trinajstić information content (AvgIpc) is 3.44. The van der Waals surface area contributed by atoms with Gasteiger partial charge in [-0.25, -0.2) is 4.79 Å². The molecule has 0 aliphatic carbocycles. The predicted octanol–water partition coefficient (Wildman–Crippen LogP) is 6.41. The summed E-state index contributed by atoms with van der Waals surface area (Å²) in [6.07, 6.45) is 0.594. The van der Waals surface area contributed by atoms with Gasteiger partial charge in [-0.2, -0.15) is 8.78 Å². The van der Waals surface area contributed by atoms with E-state index in [1.54, 1.807) is 25.7 Å². The molecule has 4 rings (SSSR count). The van der Waals surface area contributed by atoms with Crippen LogP contribution in [-0.2, 0) is 21.5 Å². The summed E-state index contributed by atoms with van der Waals surface area (Å²) in [6.45, 7) is 9.83. The summed E-state index contributed by atoms with van der Waals surface area (Å²) >= 11 is 11.8. The molecule has 3 heterocycles. The highest BCUT2D eigenvalue weighted by Crippen LogP contribution is 2.50. The molecule has 1 unspecified atom stereocenters. The molecule has 2 aliphatic heterocycles. The first kappa shape index (κ1) is 28.8. The highest BCUT2D eigenvalue weighted by Gasteiger charge is 2.53. The third-order valence-electron chi connectivity index (χ3n) is 6.24. The summed E-state index contributed by atoms with van der Waals surface area (Å²) in [5.74, 6) is -4.01. The van der Waals surface area contributed by atoms with Gasteiger partial charge in [0.25, 0.3) is 5.89 Å². The summed E-state index contributed by atoms with van der Waals surface area (Å²) in [6, 6.07) is 3.48. The molecule has 2 aromatic rings. The minimum Gasteiger partial charge on any atom is -0.444 e. The Labute approximate surface area is 222 Å². The summed E-state index contributed by atoms with van der Waals surface area (Å²) < 4.78 is 53.4. The van der Waals surface area contributed by atoms with E-state index >= 15 is 8.78 Å². The van der Waals surface area contributed by atoms with E-state index < -0.39 is 51.2 Å². The fraction of sp³-hybridized carbons (Fsp3) is 0.625. The Morgan fingerprint density at radius 3 is 2.39 bits per heavy atom. The Morgan fingerprint density at radius 1 is 1.17 bits per heavy atom. The van der Waals surface area contributed by atoms with Gasteiger partial charge in [0, 0.05) is 46.4 Å². The fourth-order valence-electron chi connectivity index (χ4n) is 4.46. The molecule has 1 spiro atoms. The molecule has 0 N–H and O–H groups in total. The lowest BCUT2D eigenvalue weighted by Crippen LogP contribution is -2.39. The number of amides is 1. The van der Waals surface area contributed by atoms with Crippen molar-refractivity contribution in [3.63, 3.8) is 0 Å². The molecular weight excluding hydrogens is 535 g/mol. The summed E-state index contributed by atoms with van der Waals surface area (Å²) in [4.78, 5) is 14.3. The first-order valence-corrected chi connectivity index (χ1v) is 14.1. The van der Waals surface area contributed by atoms with Gasteiger partial charge >= 0.3 is 12.0 Å². The number of benzene rings is 1. The Kier molecular flexibility index (Phi) is 8.72. The van der Waals surface area contributed by atoms with Gasteiger partial charge in [0.15, 0.2) is 0 Å². The quantitative estimate of drug-likeness (QED) is 0.427. The maximum absolute atomic E-state index is 15.2. The number of rotatable bonds is 3. The van der Waals surface area contributed by atoms with Crippen LogP contribution in [0.3, 0.4) is 0 Å². The molecule has 12 heteroatoms. The van der Waals surface area contributed by atoms with Crippen LogP contribution in [0.1, 0.15) is 70.7 Å². The molecule has 200 valence electrons. The number of alkyl halides is 2. The Bertz CT molecular complexity index is 1110. The van der Waals surface area contributed by atoms with Crippen molar-refractivity contribution in [1.29, 1.82) is 0 Å². The molecule has 0 bridgehead atoms. The van der Waals surface area contributed by atoms with E-state index in [0.717, 1.165) is 12.1 Å². The van der Waals surface area contributed by atoms with E-state index in [-0.39, 0.29) is 22.5 Å². The molecular formula is C24H31Cl2F2N3O4S. The van der Waals surface area contributed by atoms with Crippen molar-refractivity contribution in [2.75, 3.05) is 24.6 Å². The van der Waals surface area contributed by atoms with Gasteiger partial charge in [0.1, 0.15) is 5.60 Å². The second-order valence-electron chi connectivity index (χ2n) is 9.77. The van der Waals surface area contributed by atoms with E-state index in [0.29, 0.717) is 30.9 Å². The number of likely N-dealkylation sites (tertiary alicyclic amines) is 1. The summed E-state index contributed by atoms with van der Waals surface area (Å²) in [7, 11) is -0.954. The molecule has 7 nitrogen and oxygen atoms in total. The van der Waals surface area contributed by atoms with E-state index in [4.69, 9.17) is 32.4 Å². The molecule has 2 aliphatic rings. The monoisotopic (exact) mass is 565 g/mol. The van der Waals surface area contributed by atoms with Gasteiger partial charge in [0.2, 0.25) is 5.89 Å². The number of ether oxygens (including phenoxy) is 1. The number of carbonyl (C=O) groups excluding carboxylic acids is 1. The van der Waals surface area contributed by atoms with Crippen molar-refractivity contribution < 1.29 is 26.9 Å². The first-order chi connectivity index (χ1) is 16.8. The minimum atomic E-state index is -3.59. The fourth-order valence-corrected chi connectivity index (χ4v) is 6.23. The molecule has 2 fully saturated rings. The van der Waals surface area contributed by atoms with Gasteiger partial charge < -0.3 is 14.1 Å². The number of nitrogens with zero attached hydrogens (tertiary/aromatic N) is 3. The molecule has 0 saturated carbocycles. The van der Waals surface area contributed by atoms with Gasteiger partial charge in [-0.15, -0.1) is 10.2 Å². The van der Waals surface area contributed by atoms with E-state index in [9.17, 15) is 9.00 Å². The second kappa shape index (κ2) is 10.9. The zero-order valence-corrected chi connectivity index (χ0v) is 23.3. The predicted molar refractivity (Wildman–Crippen MR) is 135 cm³/mol.